The van der Waals surface area contributed by atoms with Crippen molar-refractivity contribution in [3.8, 4) is 0 Å². The van der Waals surface area contributed by atoms with Gasteiger partial charge < -0.3 is 9.72 Å². The van der Waals surface area contributed by atoms with E-state index in [-0.39, 0.29) is 5.78 Å². The lowest BCUT2D eigenvalue weighted by atomic mass is 10.0. The summed E-state index contributed by atoms with van der Waals surface area (Å²) in [5, 5.41) is 0.929. The molecule has 0 unspecified atom stereocenters. The monoisotopic (exact) mass is 321 g/mol. The Morgan fingerprint density at radius 1 is 1.08 bits per heavy atom. The molecular weight excluding hydrogens is 302 g/mol. The lowest BCUT2D eigenvalue weighted by Crippen LogP contribution is -2.24. The number of Topliss-reactive ketones (excluding diaryl/α,β-unsaturated/α-hetero) is 1. The number of carbonyl (C=O) groups is 2. The summed E-state index contributed by atoms with van der Waals surface area (Å²) in [4.78, 5) is 27.7. The van der Waals surface area contributed by atoms with Crippen molar-refractivity contribution in [3.63, 3.8) is 0 Å². The van der Waals surface area contributed by atoms with Crippen molar-refractivity contribution >= 4 is 22.7 Å². The number of aryl methyl sites for hydroxylation is 1. The minimum atomic E-state index is -0.837. The number of rotatable bonds is 5. The van der Waals surface area contributed by atoms with Crippen molar-refractivity contribution in [2.75, 3.05) is 0 Å². The Kier molecular flexibility index (Phi) is 4.47. The number of ketones is 1. The summed E-state index contributed by atoms with van der Waals surface area (Å²) in [6, 6.07) is 16.7. The molecule has 0 aliphatic heterocycles. The topological polar surface area (TPSA) is 59.2 Å². The molecule has 1 atom stereocenters. The fourth-order valence-electron chi connectivity index (χ4n) is 2.60. The number of carbonyl (C=O) groups excluding carboxylic acids is 2. The molecule has 0 fully saturated rings. The van der Waals surface area contributed by atoms with E-state index in [2.05, 4.69) is 11.9 Å². The number of aromatic amines is 1. The number of esters is 1. The van der Waals surface area contributed by atoms with Gasteiger partial charge in [-0.15, -0.1) is 0 Å². The van der Waals surface area contributed by atoms with Crippen LogP contribution in [0, 0.1) is 0 Å². The third kappa shape index (κ3) is 3.23. The predicted octanol–water partition coefficient (Wildman–Crippen LogP) is 4.16. The van der Waals surface area contributed by atoms with E-state index < -0.39 is 12.1 Å². The number of benzene rings is 2. The van der Waals surface area contributed by atoms with Gasteiger partial charge in [-0.25, -0.2) is 4.79 Å². The molecule has 1 heterocycles. The minimum Gasteiger partial charge on any atom is -0.450 e. The van der Waals surface area contributed by atoms with Crippen LogP contribution < -0.4 is 0 Å². The van der Waals surface area contributed by atoms with Gasteiger partial charge in [0.25, 0.3) is 0 Å². The first kappa shape index (κ1) is 16.0. The first-order valence-corrected chi connectivity index (χ1v) is 8.00. The molecule has 0 amide bonds. The zero-order valence-electron chi connectivity index (χ0n) is 13.7. The number of hydrogen-bond donors (Lipinski definition) is 1. The smallest absolute Gasteiger partial charge is 0.355 e. The average molecular weight is 321 g/mol. The van der Waals surface area contributed by atoms with Crippen molar-refractivity contribution < 1.29 is 14.3 Å². The van der Waals surface area contributed by atoms with E-state index in [0.717, 1.165) is 22.9 Å². The van der Waals surface area contributed by atoms with Gasteiger partial charge in [0.2, 0.25) is 5.78 Å². The van der Waals surface area contributed by atoms with Gasteiger partial charge in [-0.3, -0.25) is 4.79 Å². The largest absolute Gasteiger partial charge is 0.450 e. The molecule has 24 heavy (non-hydrogen) atoms. The highest BCUT2D eigenvalue weighted by Crippen LogP contribution is 2.16. The van der Waals surface area contributed by atoms with Gasteiger partial charge in [0.1, 0.15) is 5.69 Å². The van der Waals surface area contributed by atoms with E-state index >= 15 is 0 Å². The maximum atomic E-state index is 12.4. The van der Waals surface area contributed by atoms with Crippen LogP contribution in [-0.4, -0.2) is 22.8 Å². The van der Waals surface area contributed by atoms with Crippen LogP contribution in [0.1, 0.15) is 40.3 Å². The third-order valence-corrected chi connectivity index (χ3v) is 4.05. The Balaban J connectivity index is 1.71. The predicted molar refractivity (Wildman–Crippen MR) is 93.3 cm³/mol. The lowest BCUT2D eigenvalue weighted by molar-refractivity contribution is 0.0314. The van der Waals surface area contributed by atoms with Crippen LogP contribution in [0.25, 0.3) is 10.9 Å². The Labute approximate surface area is 140 Å². The molecule has 2 aromatic carbocycles. The van der Waals surface area contributed by atoms with Gasteiger partial charge in [-0.1, -0.05) is 49.4 Å². The van der Waals surface area contributed by atoms with Crippen molar-refractivity contribution in [2.24, 2.45) is 0 Å². The van der Waals surface area contributed by atoms with Gasteiger partial charge >= 0.3 is 5.97 Å². The zero-order chi connectivity index (χ0) is 17.1. The summed E-state index contributed by atoms with van der Waals surface area (Å²) in [6.07, 6.45) is 0.0794. The molecule has 0 saturated carbocycles. The molecule has 0 aliphatic rings. The lowest BCUT2D eigenvalue weighted by Gasteiger charge is -2.12. The standard InChI is InChI=1S/C20H19NO3/c1-3-14-8-10-15(11-9-14)19(22)13(2)24-20(23)18-12-16-6-4-5-7-17(16)21-18/h4-13,21H,3H2,1-2H3/t13-/m1/s1. The average Bonchev–Trinajstić information content (AvgIpc) is 3.05. The van der Waals surface area contributed by atoms with Crippen LogP contribution in [0.2, 0.25) is 0 Å². The van der Waals surface area contributed by atoms with Crippen LogP contribution in [0.3, 0.4) is 0 Å². The molecule has 122 valence electrons. The summed E-state index contributed by atoms with van der Waals surface area (Å²) < 4.78 is 5.32. The Morgan fingerprint density at radius 2 is 1.79 bits per heavy atom. The third-order valence-electron chi connectivity index (χ3n) is 4.05. The van der Waals surface area contributed by atoms with E-state index in [1.165, 1.54) is 0 Å². The van der Waals surface area contributed by atoms with Gasteiger partial charge in [0, 0.05) is 16.5 Å². The summed E-state index contributed by atoms with van der Waals surface area (Å²) in [6.45, 7) is 3.65. The normalized spacial score (nSPS) is 12.1. The number of H-pyrrole nitrogens is 1. The molecule has 4 nitrogen and oxygen atoms in total. The minimum absolute atomic E-state index is 0.206. The second-order valence-electron chi connectivity index (χ2n) is 5.73. The van der Waals surface area contributed by atoms with Gasteiger partial charge in [-0.2, -0.15) is 0 Å². The SMILES string of the molecule is CCc1ccc(C(=O)[C@@H](C)OC(=O)c2cc3ccccc3[nH]2)cc1. The number of nitrogens with one attached hydrogen (secondary N) is 1. The number of ether oxygens (including phenoxy) is 1. The van der Waals surface area contributed by atoms with Crippen LogP contribution in [0.15, 0.2) is 54.6 Å². The van der Waals surface area contributed by atoms with E-state index in [4.69, 9.17) is 4.74 Å². The second kappa shape index (κ2) is 6.71. The number of fused-ring (bicyclic) bond motifs is 1. The number of aromatic nitrogens is 1. The van der Waals surface area contributed by atoms with Crippen LogP contribution >= 0.6 is 0 Å². The van der Waals surface area contributed by atoms with Crippen molar-refractivity contribution in [1.82, 2.24) is 4.98 Å². The van der Waals surface area contributed by atoms with Crippen LogP contribution in [-0.2, 0) is 11.2 Å². The maximum absolute atomic E-state index is 12.4. The maximum Gasteiger partial charge on any atom is 0.355 e. The second-order valence-corrected chi connectivity index (χ2v) is 5.73. The molecule has 1 aromatic heterocycles. The molecule has 0 spiro atoms. The van der Waals surface area contributed by atoms with E-state index in [1.807, 2.05) is 36.4 Å². The molecule has 4 heteroatoms. The number of hydrogen-bond acceptors (Lipinski definition) is 3. The van der Waals surface area contributed by atoms with Crippen molar-refractivity contribution in [2.45, 2.75) is 26.4 Å². The molecule has 0 saturated heterocycles. The Bertz CT molecular complexity index is 844. The van der Waals surface area contributed by atoms with E-state index in [9.17, 15) is 9.59 Å². The first-order valence-electron chi connectivity index (χ1n) is 8.00. The first-order chi connectivity index (χ1) is 11.6. The summed E-state index contributed by atoms with van der Waals surface area (Å²) in [7, 11) is 0. The molecule has 0 aliphatic carbocycles. The van der Waals surface area contributed by atoms with Crippen molar-refractivity contribution in [3.05, 3.63) is 71.4 Å². The fourth-order valence-corrected chi connectivity index (χ4v) is 2.60. The van der Waals surface area contributed by atoms with Gasteiger partial charge in [0.05, 0.1) is 0 Å². The molecule has 3 aromatic rings. The summed E-state index contributed by atoms with van der Waals surface area (Å²) in [5.74, 6) is -0.737. The molecule has 0 radical (unpaired) electrons. The molecule has 0 bridgehead atoms. The highest BCUT2D eigenvalue weighted by atomic mass is 16.5. The Hall–Kier alpha value is -2.88. The van der Waals surface area contributed by atoms with E-state index in [1.54, 1.807) is 25.1 Å². The summed E-state index contributed by atoms with van der Waals surface area (Å²) >= 11 is 0. The van der Waals surface area contributed by atoms with E-state index in [0.29, 0.717) is 11.3 Å². The van der Waals surface area contributed by atoms with Gasteiger partial charge in [-0.05, 0) is 31.0 Å². The quantitative estimate of drug-likeness (QED) is 0.567. The molecular formula is C20H19NO3. The fraction of sp³-hybridized carbons (Fsp3) is 0.200. The molecule has 1 N–H and O–H groups in total. The highest BCUT2D eigenvalue weighted by Gasteiger charge is 2.21. The number of para-hydroxylation sites is 1. The van der Waals surface area contributed by atoms with Gasteiger partial charge in [0.15, 0.2) is 6.10 Å². The zero-order valence-corrected chi connectivity index (χ0v) is 13.7. The summed E-state index contributed by atoms with van der Waals surface area (Å²) in [5.41, 5.74) is 2.91. The van der Waals surface area contributed by atoms with Crippen LogP contribution in [0.4, 0.5) is 0 Å². The molecule has 3 rings (SSSR count). The highest BCUT2D eigenvalue weighted by molar-refractivity contribution is 6.02. The van der Waals surface area contributed by atoms with Crippen LogP contribution in [0.5, 0.6) is 0 Å². The Morgan fingerprint density at radius 3 is 2.46 bits per heavy atom. The van der Waals surface area contributed by atoms with Crippen molar-refractivity contribution in [1.29, 1.82) is 0 Å².